The largest absolute Gasteiger partial charge is 0.0767 e. The van der Waals surface area contributed by atoms with Crippen molar-refractivity contribution in [2.75, 3.05) is 6.61 Å². The Morgan fingerprint density at radius 1 is 1.22 bits per heavy atom. The van der Waals surface area contributed by atoms with E-state index in [9.17, 15) is 0 Å². The summed E-state index contributed by atoms with van der Waals surface area (Å²) < 4.78 is 4.54. The molecule has 0 saturated heterocycles. The summed E-state index contributed by atoms with van der Waals surface area (Å²) in [6.07, 6.45) is 10.0. The molecule has 0 heterocycles. The normalized spacial score (nSPS) is 12.9. The first-order chi connectivity index (χ1) is 4.41. The number of allylic oxidation sites excluding steroid dienone is 4. The second kappa shape index (κ2) is 8.15. The fourth-order valence-electron chi connectivity index (χ4n) is 0.321. The fraction of sp³-hybridized carbons (Fsp3) is 0.286. The van der Waals surface area contributed by atoms with E-state index in [1.54, 1.807) is 20.8 Å². The molecule has 0 saturated carbocycles. The zero-order valence-corrected chi connectivity index (χ0v) is 7.06. The minimum atomic E-state index is 0.819. The monoisotopic (exact) mass is 158 g/mol. The Hall–Kier alpha value is 0.154. The van der Waals surface area contributed by atoms with E-state index >= 15 is 0 Å². The third-order valence-electron chi connectivity index (χ3n) is 0.700. The molecular formula is C7H10OTi. The Balaban J connectivity index is 0.000000148. The van der Waals surface area contributed by atoms with Crippen molar-refractivity contribution >= 4 is 0 Å². The minimum absolute atomic E-state index is 0.819. The first kappa shape index (κ1) is 9.15. The van der Waals surface area contributed by atoms with Crippen LogP contribution in [-0.2, 0) is 24.1 Å². The average Bonchev–Trinajstić information content (AvgIpc) is 2.43. The smallest absolute Gasteiger partial charge is 0.00506 e. The van der Waals surface area contributed by atoms with Gasteiger partial charge in [-0.05, 0) is 0 Å². The molecule has 1 rings (SSSR count). The summed E-state index contributed by atoms with van der Waals surface area (Å²) in [4.78, 5) is 0. The number of hydrogen-bond donors (Lipinski definition) is 0. The van der Waals surface area contributed by atoms with Crippen LogP contribution in [0.25, 0.3) is 0 Å². The summed E-state index contributed by atoms with van der Waals surface area (Å²) in [6, 6.07) is 0. The van der Waals surface area contributed by atoms with Crippen LogP contribution in [0.2, 0.25) is 0 Å². The van der Waals surface area contributed by atoms with Crippen LogP contribution in [0.15, 0.2) is 24.3 Å². The van der Waals surface area contributed by atoms with Crippen LogP contribution in [0.4, 0.5) is 0 Å². The van der Waals surface area contributed by atoms with Gasteiger partial charge in [-0.1, -0.05) is 24.3 Å². The van der Waals surface area contributed by atoms with Crippen LogP contribution in [-0.4, -0.2) is 6.61 Å². The van der Waals surface area contributed by atoms with E-state index in [1.807, 2.05) is 37.6 Å². The molecule has 0 aromatic rings. The van der Waals surface area contributed by atoms with Crippen LogP contribution in [0.1, 0.15) is 6.92 Å². The Bertz CT molecular complexity index is 85.1. The van der Waals surface area contributed by atoms with Gasteiger partial charge in [0, 0.05) is 6.42 Å². The van der Waals surface area contributed by atoms with E-state index in [0.29, 0.717) is 0 Å². The van der Waals surface area contributed by atoms with Gasteiger partial charge in [-0.15, -0.1) is 0 Å². The average molecular weight is 158 g/mol. The maximum atomic E-state index is 4.54. The molecule has 1 nitrogen and oxygen atoms in total. The second-order valence-corrected chi connectivity index (χ2v) is 1.85. The summed E-state index contributed by atoms with van der Waals surface area (Å²) >= 11 is 1.68. The Morgan fingerprint density at radius 3 is 1.78 bits per heavy atom. The second-order valence-electron chi connectivity index (χ2n) is 1.40. The molecule has 2 heteroatoms. The summed E-state index contributed by atoms with van der Waals surface area (Å²) in [6.45, 7) is 2.78. The van der Waals surface area contributed by atoms with Gasteiger partial charge in [-0.2, -0.15) is 0 Å². The zero-order chi connectivity index (χ0) is 6.95. The van der Waals surface area contributed by atoms with Gasteiger partial charge in [-0.25, -0.2) is 0 Å². The molecular weight excluding hydrogens is 148 g/mol. The van der Waals surface area contributed by atoms with Crippen molar-refractivity contribution in [3.63, 3.8) is 0 Å². The van der Waals surface area contributed by atoms with Crippen molar-refractivity contribution in [1.82, 2.24) is 0 Å². The summed E-state index contributed by atoms with van der Waals surface area (Å²) in [7, 11) is 0. The molecule has 9 heavy (non-hydrogen) atoms. The van der Waals surface area contributed by atoms with Crippen molar-refractivity contribution in [2.45, 2.75) is 6.92 Å². The van der Waals surface area contributed by atoms with E-state index in [1.165, 1.54) is 0 Å². The quantitative estimate of drug-likeness (QED) is 0.528. The van der Waals surface area contributed by atoms with Crippen LogP contribution >= 0.6 is 0 Å². The molecule has 0 aromatic heterocycles. The minimum Gasteiger partial charge on any atom is -0.0767 e. The third kappa shape index (κ3) is 8.15. The Kier molecular flexibility index (Phi) is 8.29. The predicted molar refractivity (Wildman–Crippen MR) is 34.2 cm³/mol. The molecule has 0 N–H and O–H groups in total. The summed E-state index contributed by atoms with van der Waals surface area (Å²) in [5.41, 5.74) is 0. The van der Waals surface area contributed by atoms with Gasteiger partial charge in [0.15, 0.2) is 0 Å². The van der Waals surface area contributed by atoms with Crippen molar-refractivity contribution in [1.29, 1.82) is 0 Å². The van der Waals surface area contributed by atoms with E-state index in [-0.39, 0.29) is 0 Å². The molecule has 1 radical (unpaired) electrons. The van der Waals surface area contributed by atoms with E-state index in [4.69, 9.17) is 0 Å². The fourth-order valence-corrected chi connectivity index (χ4v) is 0.321. The van der Waals surface area contributed by atoms with Gasteiger partial charge in [0.2, 0.25) is 0 Å². The first-order valence-corrected chi connectivity index (χ1v) is 3.50. The molecule has 0 aliphatic heterocycles. The third-order valence-corrected chi connectivity index (χ3v) is 1.15. The molecule has 1 aliphatic rings. The number of rotatable bonds is 1. The standard InChI is InChI=1S/C5H5.C2H5O.Ti/c1-2-4-5-3-1;1-2-3;/h1-5H;2H2,1H3;/q;-1;+1. The summed E-state index contributed by atoms with van der Waals surface area (Å²) in [5, 5.41) is 0. The van der Waals surface area contributed by atoms with Gasteiger partial charge in [0.1, 0.15) is 0 Å². The Morgan fingerprint density at radius 2 is 1.67 bits per heavy atom. The van der Waals surface area contributed by atoms with Crippen LogP contribution in [0.5, 0.6) is 0 Å². The maximum absolute atomic E-state index is 4.54. The topological polar surface area (TPSA) is 9.23 Å². The van der Waals surface area contributed by atoms with E-state index in [0.717, 1.165) is 6.61 Å². The number of hydrogen-bond acceptors (Lipinski definition) is 1. The van der Waals surface area contributed by atoms with E-state index in [2.05, 4.69) is 3.32 Å². The van der Waals surface area contributed by atoms with Crippen molar-refractivity contribution in [3.8, 4) is 0 Å². The molecule has 0 spiro atoms. The predicted octanol–water partition coefficient (Wildman–Crippen LogP) is 1.80. The van der Waals surface area contributed by atoms with Gasteiger partial charge in [-0.3, -0.25) is 0 Å². The van der Waals surface area contributed by atoms with Gasteiger partial charge in [0.05, 0.1) is 0 Å². The molecule has 1 aliphatic carbocycles. The SMILES string of the molecule is CC[O][Ti].[CH]1C=CC=C1. The van der Waals surface area contributed by atoms with Gasteiger partial charge < -0.3 is 0 Å². The maximum Gasteiger partial charge on any atom is 0.00506 e. The van der Waals surface area contributed by atoms with Gasteiger partial charge >= 0.3 is 37.7 Å². The van der Waals surface area contributed by atoms with Crippen molar-refractivity contribution in [3.05, 3.63) is 30.7 Å². The van der Waals surface area contributed by atoms with Gasteiger partial charge in [0.25, 0.3) is 0 Å². The molecule has 0 atom stereocenters. The Labute approximate surface area is 68.7 Å². The molecule has 0 fully saturated rings. The van der Waals surface area contributed by atoms with Crippen molar-refractivity contribution < 1.29 is 24.1 Å². The molecule has 48 valence electrons. The first-order valence-electron chi connectivity index (χ1n) is 2.87. The molecule has 0 aromatic carbocycles. The zero-order valence-electron chi connectivity index (χ0n) is 5.50. The van der Waals surface area contributed by atoms with E-state index < -0.39 is 0 Å². The molecule has 0 unspecified atom stereocenters. The van der Waals surface area contributed by atoms with Crippen LogP contribution in [0, 0.1) is 6.42 Å². The summed E-state index contributed by atoms with van der Waals surface area (Å²) in [5.74, 6) is 0. The molecule has 0 bridgehead atoms. The van der Waals surface area contributed by atoms with Crippen LogP contribution < -0.4 is 0 Å². The van der Waals surface area contributed by atoms with Crippen molar-refractivity contribution in [2.24, 2.45) is 0 Å². The van der Waals surface area contributed by atoms with Crippen LogP contribution in [0.3, 0.4) is 0 Å². The molecule has 0 amide bonds.